The highest BCUT2D eigenvalue weighted by atomic mass is 32.2. The molecule has 3 aromatic carbocycles. The lowest BCUT2D eigenvalue weighted by Gasteiger charge is -2.28. The molecule has 0 unspecified atom stereocenters. The molecule has 1 fully saturated rings. The van der Waals surface area contributed by atoms with E-state index in [1.807, 2.05) is 31.2 Å². The molecule has 1 aliphatic rings. The maximum atomic E-state index is 13.4. The van der Waals surface area contributed by atoms with E-state index in [1.54, 1.807) is 42.5 Å². The lowest BCUT2D eigenvalue weighted by Crippen LogP contribution is -2.40. The van der Waals surface area contributed by atoms with Crippen LogP contribution in [0, 0.1) is 6.92 Å². The molecule has 0 saturated carbocycles. The summed E-state index contributed by atoms with van der Waals surface area (Å²) >= 11 is 0. The molecular formula is C27H31N3O3S. The molecule has 0 bridgehead atoms. The van der Waals surface area contributed by atoms with Crippen LogP contribution in [0.2, 0.25) is 0 Å². The van der Waals surface area contributed by atoms with Crippen molar-refractivity contribution in [3.63, 3.8) is 0 Å². The van der Waals surface area contributed by atoms with Gasteiger partial charge in [-0.15, -0.1) is 0 Å². The molecular weight excluding hydrogens is 446 g/mol. The van der Waals surface area contributed by atoms with Crippen molar-refractivity contribution < 1.29 is 13.2 Å². The molecule has 7 heteroatoms. The van der Waals surface area contributed by atoms with Crippen LogP contribution in [0.5, 0.6) is 0 Å². The van der Waals surface area contributed by atoms with Gasteiger partial charge in [0.1, 0.15) is 6.54 Å². The van der Waals surface area contributed by atoms with E-state index in [2.05, 4.69) is 22.3 Å². The Kier molecular flexibility index (Phi) is 7.53. The number of rotatable bonds is 8. The highest BCUT2D eigenvalue weighted by molar-refractivity contribution is 7.92. The van der Waals surface area contributed by atoms with E-state index in [1.165, 1.54) is 24.9 Å². The standard InChI is InChI=1S/C27H31N3O3S/c1-22-10-14-25(15-11-22)30(34(32,33)26-8-4-2-5-9-26)21-27(31)28-20-23-12-16-24(17-13-23)29-18-6-3-7-19-29/h2,4-5,8-17H,3,6-7,18-21H2,1H3,(H,28,31). The summed E-state index contributed by atoms with van der Waals surface area (Å²) < 4.78 is 27.9. The third-order valence-electron chi connectivity index (χ3n) is 6.09. The van der Waals surface area contributed by atoms with Gasteiger partial charge in [0.15, 0.2) is 0 Å². The summed E-state index contributed by atoms with van der Waals surface area (Å²) in [7, 11) is -3.90. The van der Waals surface area contributed by atoms with E-state index in [4.69, 9.17) is 0 Å². The number of aryl methyl sites for hydroxylation is 1. The Labute approximate surface area is 202 Å². The number of nitrogens with zero attached hydrogens (tertiary/aromatic N) is 2. The monoisotopic (exact) mass is 477 g/mol. The summed E-state index contributed by atoms with van der Waals surface area (Å²) in [6.07, 6.45) is 3.74. The van der Waals surface area contributed by atoms with Crippen LogP contribution in [-0.2, 0) is 21.4 Å². The maximum Gasteiger partial charge on any atom is 0.264 e. The predicted octanol–water partition coefficient (Wildman–Crippen LogP) is 4.50. The normalized spacial score (nSPS) is 14.0. The number of amides is 1. The number of anilines is 2. The molecule has 6 nitrogen and oxygen atoms in total. The van der Waals surface area contributed by atoms with Crippen LogP contribution < -0.4 is 14.5 Å². The smallest absolute Gasteiger partial charge is 0.264 e. The Bertz CT molecular complexity index is 1190. The quantitative estimate of drug-likeness (QED) is 0.519. The highest BCUT2D eigenvalue weighted by Crippen LogP contribution is 2.24. The predicted molar refractivity (Wildman–Crippen MR) is 137 cm³/mol. The van der Waals surface area contributed by atoms with Crippen LogP contribution in [0.1, 0.15) is 30.4 Å². The molecule has 0 spiro atoms. The number of benzene rings is 3. The third kappa shape index (κ3) is 5.78. The van der Waals surface area contributed by atoms with Crippen LogP contribution in [-0.4, -0.2) is 34.0 Å². The van der Waals surface area contributed by atoms with Crippen molar-refractivity contribution in [3.8, 4) is 0 Å². The van der Waals surface area contributed by atoms with E-state index in [0.717, 1.165) is 28.5 Å². The first-order valence-electron chi connectivity index (χ1n) is 11.7. The molecule has 4 rings (SSSR count). The second-order valence-corrected chi connectivity index (χ2v) is 10.5. The average molecular weight is 478 g/mol. The SMILES string of the molecule is Cc1ccc(N(CC(=O)NCc2ccc(N3CCCCC3)cc2)S(=O)(=O)c2ccccc2)cc1. The molecule has 1 amide bonds. The molecule has 0 aromatic heterocycles. The molecule has 1 aliphatic heterocycles. The molecule has 0 radical (unpaired) electrons. The van der Waals surface area contributed by atoms with Crippen LogP contribution in [0.15, 0.2) is 83.8 Å². The second-order valence-electron chi connectivity index (χ2n) is 8.65. The van der Waals surface area contributed by atoms with Gasteiger partial charge in [0.05, 0.1) is 10.6 Å². The van der Waals surface area contributed by atoms with Crippen LogP contribution in [0.3, 0.4) is 0 Å². The number of hydrogen-bond donors (Lipinski definition) is 1. The number of nitrogens with one attached hydrogen (secondary N) is 1. The maximum absolute atomic E-state index is 13.4. The first kappa shape index (κ1) is 23.8. The van der Waals surface area contributed by atoms with Crippen LogP contribution in [0.25, 0.3) is 0 Å². The number of carbonyl (C=O) groups excluding carboxylic acids is 1. The highest BCUT2D eigenvalue weighted by Gasteiger charge is 2.27. The number of hydrogen-bond acceptors (Lipinski definition) is 4. The summed E-state index contributed by atoms with van der Waals surface area (Å²) in [5.41, 5.74) is 3.64. The van der Waals surface area contributed by atoms with E-state index in [-0.39, 0.29) is 17.3 Å². The molecule has 1 heterocycles. The lowest BCUT2D eigenvalue weighted by atomic mass is 10.1. The van der Waals surface area contributed by atoms with Gasteiger partial charge < -0.3 is 10.2 Å². The largest absolute Gasteiger partial charge is 0.372 e. The van der Waals surface area contributed by atoms with Gasteiger partial charge in [0.25, 0.3) is 10.0 Å². The Morgan fingerprint density at radius 2 is 1.53 bits per heavy atom. The number of carbonyl (C=O) groups is 1. The van der Waals surface area contributed by atoms with Gasteiger partial charge in [-0.25, -0.2) is 8.42 Å². The molecule has 0 atom stereocenters. The van der Waals surface area contributed by atoms with E-state index in [9.17, 15) is 13.2 Å². The van der Waals surface area contributed by atoms with Gasteiger partial charge in [-0.2, -0.15) is 0 Å². The van der Waals surface area contributed by atoms with Crippen molar-refractivity contribution in [1.82, 2.24) is 5.32 Å². The zero-order valence-corrected chi connectivity index (χ0v) is 20.3. The van der Waals surface area contributed by atoms with Gasteiger partial charge in [0, 0.05) is 25.3 Å². The average Bonchev–Trinajstić information content (AvgIpc) is 2.88. The molecule has 1 saturated heterocycles. The Hall–Kier alpha value is -3.32. The van der Waals surface area contributed by atoms with Gasteiger partial charge in [-0.05, 0) is 68.1 Å². The minimum atomic E-state index is -3.90. The van der Waals surface area contributed by atoms with Gasteiger partial charge >= 0.3 is 0 Å². The Morgan fingerprint density at radius 1 is 0.882 bits per heavy atom. The number of piperidine rings is 1. The zero-order chi connectivity index (χ0) is 24.0. The van der Waals surface area contributed by atoms with Crippen molar-refractivity contribution in [3.05, 3.63) is 90.0 Å². The summed E-state index contributed by atoms with van der Waals surface area (Å²) in [5.74, 6) is -0.361. The number of sulfonamides is 1. The zero-order valence-electron chi connectivity index (χ0n) is 19.5. The van der Waals surface area contributed by atoms with E-state index < -0.39 is 10.0 Å². The van der Waals surface area contributed by atoms with E-state index in [0.29, 0.717) is 12.2 Å². The van der Waals surface area contributed by atoms with Crippen molar-refractivity contribution in [1.29, 1.82) is 0 Å². The topological polar surface area (TPSA) is 69.7 Å². The third-order valence-corrected chi connectivity index (χ3v) is 7.88. The lowest BCUT2D eigenvalue weighted by molar-refractivity contribution is -0.119. The minimum Gasteiger partial charge on any atom is -0.372 e. The molecule has 3 aromatic rings. The van der Waals surface area contributed by atoms with Crippen molar-refractivity contribution in [2.45, 2.75) is 37.6 Å². The van der Waals surface area contributed by atoms with Crippen molar-refractivity contribution in [2.24, 2.45) is 0 Å². The van der Waals surface area contributed by atoms with Gasteiger partial charge in [-0.3, -0.25) is 9.10 Å². The van der Waals surface area contributed by atoms with Gasteiger partial charge in [-0.1, -0.05) is 48.0 Å². The Morgan fingerprint density at radius 3 is 2.18 bits per heavy atom. The summed E-state index contributed by atoms with van der Waals surface area (Å²) in [6.45, 7) is 4.14. The van der Waals surface area contributed by atoms with Gasteiger partial charge in [0.2, 0.25) is 5.91 Å². The first-order valence-corrected chi connectivity index (χ1v) is 13.1. The molecule has 34 heavy (non-hydrogen) atoms. The summed E-state index contributed by atoms with van der Waals surface area (Å²) in [6, 6.07) is 23.5. The van der Waals surface area contributed by atoms with Crippen molar-refractivity contribution in [2.75, 3.05) is 28.8 Å². The van der Waals surface area contributed by atoms with Crippen LogP contribution in [0.4, 0.5) is 11.4 Å². The fourth-order valence-electron chi connectivity index (χ4n) is 4.11. The molecule has 178 valence electrons. The Balaban J connectivity index is 1.45. The first-order chi connectivity index (χ1) is 16.4. The van der Waals surface area contributed by atoms with Crippen molar-refractivity contribution >= 4 is 27.3 Å². The molecule has 0 aliphatic carbocycles. The fourth-order valence-corrected chi connectivity index (χ4v) is 5.55. The molecule has 1 N–H and O–H groups in total. The fraction of sp³-hybridized carbons (Fsp3) is 0.296. The summed E-state index contributed by atoms with van der Waals surface area (Å²) in [4.78, 5) is 15.4. The minimum absolute atomic E-state index is 0.150. The summed E-state index contributed by atoms with van der Waals surface area (Å²) in [5, 5.41) is 2.87. The van der Waals surface area contributed by atoms with Crippen LogP contribution >= 0.6 is 0 Å². The van der Waals surface area contributed by atoms with E-state index >= 15 is 0 Å². The second kappa shape index (κ2) is 10.7.